The van der Waals surface area contributed by atoms with Crippen LogP contribution in [0.1, 0.15) is 52.7 Å². The van der Waals surface area contributed by atoms with Crippen molar-refractivity contribution in [1.29, 1.82) is 0 Å². The molecule has 300 valence electrons. The molecule has 0 aliphatic rings. The van der Waals surface area contributed by atoms with Gasteiger partial charge in [-0.2, -0.15) is 0 Å². The van der Waals surface area contributed by atoms with E-state index < -0.39 is 0 Å². The largest absolute Gasteiger partial charge is 0.510 e. The van der Waals surface area contributed by atoms with Gasteiger partial charge in [0.1, 0.15) is 5.75 Å². The summed E-state index contributed by atoms with van der Waals surface area (Å²) in [5, 5.41) is 13.8. The number of benzene rings is 6. The number of aromatic hydroxyl groups is 1. The fraction of sp³-hybridized carbons (Fsp3) is 0.143. The third-order valence-corrected chi connectivity index (χ3v) is 11.6. The first kappa shape index (κ1) is 39.6. The lowest BCUT2D eigenvalue weighted by atomic mass is 9.79. The fourth-order valence-corrected chi connectivity index (χ4v) is 8.34. The first-order chi connectivity index (χ1) is 29.8. The lowest BCUT2D eigenvalue weighted by molar-refractivity contribution is 0.478. The highest BCUT2D eigenvalue weighted by atomic mass is 16.3. The Kier molecular flexibility index (Phi) is 9.81. The molecular formula is C56H45N5O. The number of hydrogen-bond acceptors (Lipinski definition) is 3. The average molecular weight is 804 g/mol. The molecule has 0 saturated carbocycles. The number of aromatic nitrogens is 3. The number of phenolic OH excluding ortho intramolecular Hbond substituents is 1. The number of hydrogen-bond donors (Lipinski definition) is 1. The number of rotatable bonds is 6. The van der Waals surface area contributed by atoms with Crippen LogP contribution in [0.25, 0.3) is 93.2 Å². The molecule has 6 heteroatoms. The van der Waals surface area contributed by atoms with Crippen molar-refractivity contribution in [3.63, 3.8) is 0 Å². The summed E-state index contributed by atoms with van der Waals surface area (Å²) in [4.78, 5) is 17.3. The van der Waals surface area contributed by atoms with Crippen molar-refractivity contribution >= 4 is 33.2 Å². The SMILES string of the molecule is [C-]#[N+]c1cc(O)c(-c2cc(-c3cc(C(C)(C)C)cc(C(C)(C)C)c3)cc(-c3cccc(-c4cc(-c5cccc6c7ccccc7n(-c7ccccc7)c56)ccn4)c3)n2)c([N+]#[C-])c1. The Morgan fingerprint density at radius 3 is 1.87 bits per heavy atom. The molecule has 9 rings (SSSR count). The van der Waals surface area contributed by atoms with Crippen molar-refractivity contribution in [1.82, 2.24) is 14.5 Å². The van der Waals surface area contributed by atoms with Crippen LogP contribution in [-0.4, -0.2) is 19.6 Å². The second-order valence-corrected chi connectivity index (χ2v) is 17.9. The Bertz CT molecular complexity index is 3260. The minimum Gasteiger partial charge on any atom is -0.510 e. The van der Waals surface area contributed by atoms with Crippen LogP contribution >= 0.6 is 0 Å². The molecule has 0 aliphatic heterocycles. The topological polar surface area (TPSA) is 59.7 Å². The molecule has 0 fully saturated rings. The fourth-order valence-electron chi connectivity index (χ4n) is 8.34. The van der Waals surface area contributed by atoms with Gasteiger partial charge in [0.2, 0.25) is 0 Å². The van der Waals surface area contributed by atoms with E-state index in [9.17, 15) is 5.11 Å². The summed E-state index contributed by atoms with van der Waals surface area (Å²) in [5.41, 5.74) is 14.0. The van der Waals surface area contributed by atoms with Crippen LogP contribution in [0.5, 0.6) is 5.75 Å². The van der Waals surface area contributed by atoms with Crippen LogP contribution < -0.4 is 0 Å². The van der Waals surface area contributed by atoms with E-state index in [2.05, 4.69) is 171 Å². The third kappa shape index (κ3) is 7.27. The van der Waals surface area contributed by atoms with Gasteiger partial charge in [-0.05, 0) is 93.2 Å². The zero-order chi connectivity index (χ0) is 43.3. The maximum atomic E-state index is 11.4. The first-order valence-corrected chi connectivity index (χ1v) is 20.8. The van der Waals surface area contributed by atoms with E-state index in [-0.39, 0.29) is 28.0 Å². The maximum absolute atomic E-state index is 11.4. The molecule has 0 aliphatic carbocycles. The monoisotopic (exact) mass is 803 g/mol. The van der Waals surface area contributed by atoms with Gasteiger partial charge in [0.05, 0.1) is 41.3 Å². The Morgan fingerprint density at radius 2 is 1.16 bits per heavy atom. The summed E-state index contributed by atoms with van der Waals surface area (Å²) in [6.45, 7) is 28.9. The van der Waals surface area contributed by atoms with Crippen molar-refractivity contribution in [2.24, 2.45) is 0 Å². The summed E-state index contributed by atoms with van der Waals surface area (Å²) in [6.07, 6.45) is 1.87. The summed E-state index contributed by atoms with van der Waals surface area (Å²) >= 11 is 0. The molecular weight excluding hydrogens is 759 g/mol. The highest BCUT2D eigenvalue weighted by Gasteiger charge is 2.23. The Hall–Kier alpha value is -7.80. The predicted octanol–water partition coefficient (Wildman–Crippen LogP) is 15.3. The first-order valence-electron chi connectivity index (χ1n) is 20.8. The summed E-state index contributed by atoms with van der Waals surface area (Å²) in [6, 6.07) is 51.7. The molecule has 0 atom stereocenters. The number of nitrogens with zero attached hydrogens (tertiary/aromatic N) is 5. The molecule has 0 radical (unpaired) electrons. The van der Waals surface area contributed by atoms with Crippen molar-refractivity contribution in [3.8, 4) is 67.5 Å². The van der Waals surface area contributed by atoms with E-state index in [0.717, 1.165) is 55.8 Å². The molecule has 6 nitrogen and oxygen atoms in total. The molecule has 3 heterocycles. The Morgan fingerprint density at radius 1 is 0.532 bits per heavy atom. The van der Waals surface area contributed by atoms with Crippen molar-refractivity contribution in [2.75, 3.05) is 0 Å². The molecule has 3 aromatic heterocycles. The van der Waals surface area contributed by atoms with E-state index in [1.807, 2.05) is 30.5 Å². The van der Waals surface area contributed by atoms with Gasteiger partial charge in [0, 0.05) is 44.9 Å². The zero-order valence-electron chi connectivity index (χ0n) is 35.7. The molecule has 0 unspecified atom stereocenters. The quantitative estimate of drug-likeness (QED) is 0.170. The van der Waals surface area contributed by atoms with Crippen molar-refractivity contribution < 1.29 is 5.11 Å². The van der Waals surface area contributed by atoms with Gasteiger partial charge >= 0.3 is 0 Å². The van der Waals surface area contributed by atoms with Gasteiger partial charge in [-0.1, -0.05) is 139 Å². The molecule has 1 N–H and O–H groups in total. The lowest BCUT2D eigenvalue weighted by Gasteiger charge is -2.26. The van der Waals surface area contributed by atoms with E-state index in [1.54, 1.807) is 0 Å². The van der Waals surface area contributed by atoms with E-state index in [1.165, 1.54) is 34.0 Å². The van der Waals surface area contributed by atoms with Crippen molar-refractivity contribution in [3.05, 3.63) is 192 Å². The Labute approximate surface area is 363 Å². The zero-order valence-corrected chi connectivity index (χ0v) is 35.7. The normalized spacial score (nSPS) is 11.7. The van der Waals surface area contributed by atoms with Crippen molar-refractivity contribution in [2.45, 2.75) is 52.4 Å². The number of phenols is 1. The number of pyridine rings is 2. The predicted molar refractivity (Wildman–Crippen MR) is 255 cm³/mol. The van der Waals surface area contributed by atoms with Gasteiger partial charge in [0.25, 0.3) is 0 Å². The van der Waals surface area contributed by atoms with Gasteiger partial charge in [-0.15, -0.1) is 0 Å². The minimum atomic E-state index is -0.157. The smallest absolute Gasteiger partial charge is 0.190 e. The van der Waals surface area contributed by atoms with Gasteiger partial charge in [0.15, 0.2) is 11.4 Å². The molecule has 0 bridgehead atoms. The van der Waals surface area contributed by atoms with Crippen LogP contribution in [-0.2, 0) is 10.8 Å². The van der Waals surface area contributed by atoms with E-state index in [4.69, 9.17) is 23.1 Å². The summed E-state index contributed by atoms with van der Waals surface area (Å²) in [5.74, 6) is -0.157. The molecule has 0 saturated heterocycles. The summed E-state index contributed by atoms with van der Waals surface area (Å²) in [7, 11) is 0. The highest BCUT2D eigenvalue weighted by Crippen LogP contribution is 2.44. The van der Waals surface area contributed by atoms with Crippen LogP contribution in [0.3, 0.4) is 0 Å². The summed E-state index contributed by atoms with van der Waals surface area (Å²) < 4.78 is 2.35. The van der Waals surface area contributed by atoms with Crippen LogP contribution in [0.4, 0.5) is 11.4 Å². The lowest BCUT2D eigenvalue weighted by Crippen LogP contribution is -2.16. The molecule has 6 aromatic carbocycles. The van der Waals surface area contributed by atoms with Gasteiger partial charge in [-0.25, -0.2) is 14.7 Å². The second kappa shape index (κ2) is 15.3. The average Bonchev–Trinajstić information content (AvgIpc) is 3.63. The Balaban J connectivity index is 1.22. The van der Waals surface area contributed by atoms with Crippen LogP contribution in [0.2, 0.25) is 0 Å². The number of para-hydroxylation sites is 3. The minimum absolute atomic E-state index is 0.112. The number of fused-ring (bicyclic) bond motifs is 3. The van der Waals surface area contributed by atoms with E-state index >= 15 is 0 Å². The van der Waals surface area contributed by atoms with E-state index in [0.29, 0.717) is 17.0 Å². The molecule has 62 heavy (non-hydrogen) atoms. The van der Waals surface area contributed by atoms with Crippen LogP contribution in [0, 0.1) is 13.1 Å². The van der Waals surface area contributed by atoms with Gasteiger partial charge in [-0.3, -0.25) is 4.98 Å². The van der Waals surface area contributed by atoms with Gasteiger partial charge < -0.3 is 9.67 Å². The molecule has 0 spiro atoms. The third-order valence-electron chi connectivity index (χ3n) is 11.6. The maximum Gasteiger partial charge on any atom is 0.190 e. The van der Waals surface area contributed by atoms with Crippen LogP contribution in [0.15, 0.2) is 158 Å². The standard InChI is InChI=1S/C56H45N5O/c1-55(2,3)40-27-38(28-41(32-40)56(4,5)6)39-30-48(60-50(31-39)53-49(58-8)33-42(57-7)34-52(53)62)37-17-14-16-36(26-37)47-29-35(24-25-59-47)44-21-15-22-46-45-20-12-13-23-51(45)61(54(44)46)43-18-10-9-11-19-43/h9-34,62H,1-6H3. The molecule has 0 amide bonds. The molecule has 9 aromatic rings. The highest BCUT2D eigenvalue weighted by molar-refractivity contribution is 6.13. The second-order valence-electron chi connectivity index (χ2n) is 17.9.